The molecule has 2 aromatic carbocycles. The molecule has 0 aromatic heterocycles. The van der Waals surface area contributed by atoms with E-state index in [0.717, 1.165) is 18.4 Å². The number of phosphoric ester groups is 1. The van der Waals surface area contributed by atoms with Crippen LogP contribution in [0.3, 0.4) is 0 Å². The lowest BCUT2D eigenvalue weighted by atomic mass is 10.1. The summed E-state index contributed by atoms with van der Waals surface area (Å²) in [5.74, 6) is 0.971. The summed E-state index contributed by atoms with van der Waals surface area (Å²) in [6.45, 7) is 2.86. The Balaban J connectivity index is 1.61. The summed E-state index contributed by atoms with van der Waals surface area (Å²) in [4.78, 5) is 12.3. The van der Waals surface area contributed by atoms with Crippen LogP contribution in [0.1, 0.15) is 89.5 Å². The number of unbranched alkanes of at least 4 members (excludes halogenated alkanes) is 11. The number of hydrogen-bond acceptors (Lipinski definition) is 5. The van der Waals surface area contributed by atoms with Crippen molar-refractivity contribution in [2.45, 2.75) is 89.3 Å². The van der Waals surface area contributed by atoms with Gasteiger partial charge in [-0.25, -0.2) is 4.57 Å². The Morgan fingerprint density at radius 2 is 1.24 bits per heavy atom. The van der Waals surface area contributed by atoms with Gasteiger partial charge >= 0.3 is 7.82 Å². The van der Waals surface area contributed by atoms with Crippen LogP contribution in [-0.2, 0) is 9.90 Å². The van der Waals surface area contributed by atoms with E-state index in [0.29, 0.717) is 17.7 Å². The normalized spacial score (nSPS) is 12.8. The van der Waals surface area contributed by atoms with Crippen molar-refractivity contribution in [3.8, 4) is 17.2 Å². The Hall–Kier alpha value is -1.49. The van der Waals surface area contributed by atoms with Gasteiger partial charge in [-0.1, -0.05) is 112 Å². The molecule has 7 heteroatoms. The Kier molecular flexibility index (Phi) is 14.4. The zero-order valence-electron chi connectivity index (χ0n) is 20.4. The van der Waals surface area contributed by atoms with Crippen molar-refractivity contribution in [2.75, 3.05) is 6.61 Å². The van der Waals surface area contributed by atoms with Crippen LogP contribution in [0, 0.1) is 0 Å². The maximum atomic E-state index is 12.3. The van der Waals surface area contributed by atoms with Crippen LogP contribution in [0.5, 0.6) is 17.2 Å². The summed E-state index contributed by atoms with van der Waals surface area (Å²) in [6, 6.07) is 13.5. The van der Waals surface area contributed by atoms with Crippen LogP contribution in [-0.4, -0.2) is 6.61 Å². The topological polar surface area (TPSA) is 67.8 Å². The number of alkyl halides is 1. The second kappa shape index (κ2) is 17.0. The molecule has 34 heavy (non-hydrogen) atoms. The van der Waals surface area contributed by atoms with Crippen molar-refractivity contribution in [1.29, 1.82) is 0 Å². The smallest absolute Gasteiger partial charge is 0.372 e. The third kappa shape index (κ3) is 12.8. The van der Waals surface area contributed by atoms with Gasteiger partial charge < -0.3 is 18.7 Å². The zero-order valence-corrected chi connectivity index (χ0v) is 22.9. The molecular formula is C27H39BrO5P-. The maximum absolute atomic E-state index is 12.3. The molecule has 0 bridgehead atoms. The largest absolute Gasteiger partial charge is 0.736 e. The molecule has 0 aliphatic carbocycles. The molecule has 0 fully saturated rings. The first kappa shape index (κ1) is 28.7. The molecule has 0 heterocycles. The number of halogens is 1. The third-order valence-electron chi connectivity index (χ3n) is 5.56. The van der Waals surface area contributed by atoms with Crippen molar-refractivity contribution in [2.24, 2.45) is 0 Å². The van der Waals surface area contributed by atoms with E-state index in [9.17, 15) is 9.46 Å². The van der Waals surface area contributed by atoms with Crippen molar-refractivity contribution >= 4 is 23.8 Å². The van der Waals surface area contributed by atoms with Gasteiger partial charge in [-0.3, -0.25) is 0 Å². The molecule has 1 unspecified atom stereocenters. The van der Waals surface area contributed by atoms with Gasteiger partial charge in [-0.05, 0) is 36.2 Å². The molecule has 1 atom stereocenters. The average molecular weight is 554 g/mol. The number of benzene rings is 2. The summed E-state index contributed by atoms with van der Waals surface area (Å²) < 4.78 is 28.3. The summed E-state index contributed by atoms with van der Waals surface area (Å²) >= 11 is 3.34. The number of ether oxygens (including phenoxy) is 1. The molecular weight excluding hydrogens is 515 g/mol. The molecule has 0 spiro atoms. The summed E-state index contributed by atoms with van der Waals surface area (Å²) in [6.07, 6.45) is 15.5. The van der Waals surface area contributed by atoms with Crippen LogP contribution in [0.15, 0.2) is 48.5 Å². The summed E-state index contributed by atoms with van der Waals surface area (Å²) in [5, 5.41) is 0.604. The van der Waals surface area contributed by atoms with Gasteiger partial charge in [-0.2, -0.15) is 0 Å². The minimum atomic E-state index is -4.57. The van der Waals surface area contributed by atoms with E-state index in [1.54, 1.807) is 42.5 Å². The van der Waals surface area contributed by atoms with Crippen LogP contribution >= 0.6 is 23.8 Å². The highest BCUT2D eigenvalue weighted by Crippen LogP contribution is 2.41. The van der Waals surface area contributed by atoms with Crippen molar-refractivity contribution in [3.63, 3.8) is 0 Å². The molecule has 0 aliphatic heterocycles. The quantitative estimate of drug-likeness (QED) is 0.0989. The maximum Gasteiger partial charge on any atom is 0.372 e. The van der Waals surface area contributed by atoms with Gasteiger partial charge in [-0.15, -0.1) is 0 Å². The van der Waals surface area contributed by atoms with Crippen molar-refractivity contribution < 1.29 is 23.2 Å². The molecule has 0 N–H and O–H groups in total. The van der Waals surface area contributed by atoms with Crippen LogP contribution in [0.25, 0.3) is 0 Å². The van der Waals surface area contributed by atoms with Gasteiger partial charge in [0.25, 0.3) is 0 Å². The van der Waals surface area contributed by atoms with E-state index in [4.69, 9.17) is 13.8 Å². The van der Waals surface area contributed by atoms with Gasteiger partial charge in [0.2, 0.25) is 0 Å². The second-order valence-corrected chi connectivity index (χ2v) is 10.4. The molecule has 0 aliphatic rings. The van der Waals surface area contributed by atoms with Crippen LogP contribution in [0.4, 0.5) is 0 Å². The van der Waals surface area contributed by atoms with Gasteiger partial charge in [0, 0.05) is 11.4 Å². The zero-order chi connectivity index (χ0) is 24.5. The first-order valence-corrected chi connectivity index (χ1v) is 15.2. The Bertz CT molecular complexity index is 860. The predicted molar refractivity (Wildman–Crippen MR) is 141 cm³/mol. The first-order chi connectivity index (χ1) is 16.5. The molecule has 2 rings (SSSR count). The SMILES string of the molecule is CCCCCCCCCCCCCCOc1cccc(OP(=O)([O-])Oc2cccc(CBr)c2)c1. The number of hydrogen-bond donors (Lipinski definition) is 0. The van der Waals surface area contributed by atoms with Crippen LogP contribution in [0.2, 0.25) is 0 Å². The fourth-order valence-corrected chi connectivity index (χ4v) is 4.85. The third-order valence-corrected chi connectivity index (χ3v) is 7.08. The molecule has 0 saturated heterocycles. The van der Waals surface area contributed by atoms with E-state index in [1.165, 1.54) is 64.2 Å². The first-order valence-electron chi connectivity index (χ1n) is 12.6. The van der Waals surface area contributed by atoms with E-state index in [1.807, 2.05) is 6.07 Å². The summed E-state index contributed by atoms with van der Waals surface area (Å²) in [7, 11) is -4.57. The minimum absolute atomic E-state index is 0.169. The fourth-order valence-electron chi connectivity index (χ4n) is 3.72. The molecule has 2 aromatic rings. The van der Waals surface area contributed by atoms with Crippen LogP contribution < -0.4 is 18.7 Å². The molecule has 0 amide bonds. The highest BCUT2D eigenvalue weighted by atomic mass is 79.9. The lowest BCUT2D eigenvalue weighted by Gasteiger charge is -2.24. The van der Waals surface area contributed by atoms with E-state index < -0.39 is 7.82 Å². The average Bonchev–Trinajstić information content (AvgIpc) is 2.82. The number of phosphoric acid groups is 1. The molecule has 190 valence electrons. The van der Waals surface area contributed by atoms with Crippen molar-refractivity contribution in [1.82, 2.24) is 0 Å². The highest BCUT2D eigenvalue weighted by Gasteiger charge is 2.14. The van der Waals surface area contributed by atoms with Crippen molar-refractivity contribution in [3.05, 3.63) is 54.1 Å². The molecule has 0 radical (unpaired) electrons. The fraction of sp³-hybridized carbons (Fsp3) is 0.556. The second-order valence-electron chi connectivity index (χ2n) is 8.62. The number of rotatable bonds is 19. The molecule has 5 nitrogen and oxygen atoms in total. The highest BCUT2D eigenvalue weighted by molar-refractivity contribution is 9.08. The van der Waals surface area contributed by atoms with E-state index >= 15 is 0 Å². The van der Waals surface area contributed by atoms with E-state index in [-0.39, 0.29) is 11.5 Å². The Labute approximate surface area is 214 Å². The van der Waals surface area contributed by atoms with E-state index in [2.05, 4.69) is 22.9 Å². The van der Waals surface area contributed by atoms with Gasteiger partial charge in [0.1, 0.15) is 17.2 Å². The predicted octanol–water partition coefficient (Wildman–Crippen LogP) is 8.59. The molecule has 0 saturated carbocycles. The monoisotopic (exact) mass is 553 g/mol. The minimum Gasteiger partial charge on any atom is -0.736 e. The Morgan fingerprint density at radius 1 is 0.735 bits per heavy atom. The lowest BCUT2D eigenvalue weighted by Crippen LogP contribution is -2.13. The standard InChI is InChI=1S/C27H40BrO5P/c1-2-3-4-5-6-7-8-9-10-11-12-13-20-31-25-17-15-19-27(22-25)33-34(29,30)32-26-18-14-16-24(21-26)23-28/h14-19,21-22H,2-13,20,23H2,1H3,(H,29,30)/p-1. The summed E-state index contributed by atoms with van der Waals surface area (Å²) in [5.41, 5.74) is 0.908. The lowest BCUT2D eigenvalue weighted by molar-refractivity contribution is -0.208. The van der Waals surface area contributed by atoms with Gasteiger partial charge in [0.15, 0.2) is 0 Å². The van der Waals surface area contributed by atoms with Gasteiger partial charge in [0.05, 0.1) is 6.61 Å². The Morgan fingerprint density at radius 3 is 1.82 bits per heavy atom.